The van der Waals surface area contributed by atoms with E-state index in [0.717, 1.165) is 24.0 Å². The number of aliphatic hydroxyl groups is 1. The number of carbonyl (C=O) groups is 1. The van der Waals surface area contributed by atoms with Crippen LogP contribution in [0.25, 0.3) is 0 Å². The van der Waals surface area contributed by atoms with Crippen LogP contribution < -0.4 is 10.1 Å². The lowest BCUT2D eigenvalue weighted by Gasteiger charge is -2.53. The minimum absolute atomic E-state index is 0.00677. The van der Waals surface area contributed by atoms with E-state index in [1.807, 2.05) is 12.1 Å². The van der Waals surface area contributed by atoms with Gasteiger partial charge in [-0.3, -0.25) is 4.79 Å². The van der Waals surface area contributed by atoms with Crippen molar-refractivity contribution in [2.45, 2.75) is 58.8 Å². The zero-order valence-corrected chi connectivity index (χ0v) is 16.7. The molecule has 1 amide bonds. The van der Waals surface area contributed by atoms with Crippen LogP contribution in [0.4, 0.5) is 0 Å². The van der Waals surface area contributed by atoms with Gasteiger partial charge in [0, 0.05) is 25.1 Å². The van der Waals surface area contributed by atoms with Gasteiger partial charge in [0.2, 0.25) is 5.91 Å². The highest BCUT2D eigenvalue weighted by molar-refractivity contribution is 5.73. The number of amides is 1. The van der Waals surface area contributed by atoms with Crippen molar-refractivity contribution in [1.82, 2.24) is 5.32 Å². The highest BCUT2D eigenvalue weighted by Gasteiger charge is 2.68. The van der Waals surface area contributed by atoms with Crippen molar-refractivity contribution in [2.24, 2.45) is 22.7 Å². The summed E-state index contributed by atoms with van der Waals surface area (Å²) in [6.07, 6.45) is 3.31. The predicted octanol–water partition coefficient (Wildman–Crippen LogP) is 3.21. The smallest absolute Gasteiger partial charge is 0.217 e. The maximum Gasteiger partial charge on any atom is 0.217 e. The second-order valence-corrected chi connectivity index (χ2v) is 9.20. The number of aliphatic hydroxyl groups excluding tert-OH is 1. The fourth-order valence-electron chi connectivity index (χ4n) is 6.42. The third-order valence-electron chi connectivity index (χ3n) is 7.66. The number of hydrogen-bond donors (Lipinski definition) is 2. The molecule has 0 radical (unpaired) electrons. The Hall–Kier alpha value is -1.59. The summed E-state index contributed by atoms with van der Waals surface area (Å²) in [6.45, 7) is 6.90. The Balaban J connectivity index is 1.70. The predicted molar refractivity (Wildman–Crippen MR) is 102 cm³/mol. The molecule has 5 nitrogen and oxygen atoms in total. The zero-order valence-electron chi connectivity index (χ0n) is 16.7. The first kappa shape index (κ1) is 18.8. The number of carbonyl (C=O) groups excluding carboxylic acids is 1. The van der Waals surface area contributed by atoms with E-state index in [-0.39, 0.29) is 35.5 Å². The molecule has 1 aliphatic heterocycles. The third kappa shape index (κ3) is 2.70. The quantitative estimate of drug-likeness (QED) is 0.850. The fraction of sp³-hybridized carbons (Fsp3) is 0.682. The van der Waals surface area contributed by atoms with Crippen LogP contribution >= 0.6 is 0 Å². The molecule has 3 aliphatic rings. The van der Waals surface area contributed by atoms with Crippen LogP contribution in [-0.2, 0) is 16.1 Å². The number of ether oxygens (including phenoxy) is 2. The number of fused-ring (bicyclic) bond motifs is 1. The van der Waals surface area contributed by atoms with E-state index < -0.39 is 0 Å². The minimum Gasteiger partial charge on any atom is -0.496 e. The van der Waals surface area contributed by atoms with Crippen LogP contribution in [0.3, 0.4) is 0 Å². The average molecular weight is 373 g/mol. The molecule has 4 rings (SSSR count). The molecule has 2 aliphatic carbocycles. The van der Waals surface area contributed by atoms with Crippen molar-refractivity contribution >= 4 is 5.91 Å². The molecule has 1 heterocycles. The normalized spacial score (nSPS) is 36.3. The Morgan fingerprint density at radius 2 is 2.19 bits per heavy atom. The molecule has 3 fully saturated rings. The van der Waals surface area contributed by atoms with Crippen molar-refractivity contribution in [2.75, 3.05) is 13.7 Å². The van der Waals surface area contributed by atoms with Gasteiger partial charge in [0.05, 0.1) is 19.8 Å². The SMILES string of the molecule is COc1ccc([C@H]2OCC[C@@]34C[C@@H](C[C@H]23)C(C)(C)[C@@H]4NC(C)=O)cc1CO. The van der Waals surface area contributed by atoms with Crippen LogP contribution in [0.5, 0.6) is 5.75 Å². The van der Waals surface area contributed by atoms with E-state index in [1.165, 1.54) is 6.42 Å². The van der Waals surface area contributed by atoms with Gasteiger partial charge < -0.3 is 19.9 Å². The lowest BCUT2D eigenvalue weighted by molar-refractivity contribution is -0.136. The van der Waals surface area contributed by atoms with Gasteiger partial charge in [-0.2, -0.15) is 0 Å². The summed E-state index contributed by atoms with van der Waals surface area (Å²) < 4.78 is 11.6. The Kier molecular flexibility index (Phi) is 4.51. The molecule has 148 valence electrons. The van der Waals surface area contributed by atoms with E-state index >= 15 is 0 Å². The molecule has 2 bridgehead atoms. The van der Waals surface area contributed by atoms with Crippen LogP contribution in [-0.4, -0.2) is 30.8 Å². The van der Waals surface area contributed by atoms with Crippen LogP contribution in [0.15, 0.2) is 18.2 Å². The van der Waals surface area contributed by atoms with Crippen molar-refractivity contribution in [3.63, 3.8) is 0 Å². The van der Waals surface area contributed by atoms with Gasteiger partial charge in [0.1, 0.15) is 5.75 Å². The zero-order chi connectivity index (χ0) is 19.4. The first-order chi connectivity index (χ1) is 12.8. The van der Waals surface area contributed by atoms with Crippen molar-refractivity contribution in [3.05, 3.63) is 29.3 Å². The lowest BCUT2D eigenvalue weighted by atomic mass is 9.59. The van der Waals surface area contributed by atoms with Crippen molar-refractivity contribution in [3.8, 4) is 5.75 Å². The standard InChI is InChI=1S/C22H31NO4/c1-13(25)23-20-21(2,3)16-10-17-19(27-8-7-22(17,20)11-16)14-5-6-18(26-4)15(9-14)12-24/h5-6,9,16-17,19-20,24H,7-8,10-12H2,1-4H3,(H,23,25)/t16-,17-,19-,20+,22-/m1/s1. The monoisotopic (exact) mass is 373 g/mol. The van der Waals surface area contributed by atoms with Gasteiger partial charge in [-0.25, -0.2) is 0 Å². The number of nitrogens with one attached hydrogen (secondary N) is 1. The first-order valence-electron chi connectivity index (χ1n) is 10.00. The molecule has 0 unspecified atom stereocenters. The molecular formula is C22H31NO4. The summed E-state index contributed by atoms with van der Waals surface area (Å²) in [6, 6.07) is 6.20. The number of rotatable bonds is 4. The summed E-state index contributed by atoms with van der Waals surface area (Å²) >= 11 is 0. The number of hydrogen-bond acceptors (Lipinski definition) is 4. The molecule has 5 heteroatoms. The van der Waals surface area contributed by atoms with Crippen LogP contribution in [0.2, 0.25) is 0 Å². The van der Waals surface area contributed by atoms with E-state index in [2.05, 4.69) is 25.2 Å². The van der Waals surface area contributed by atoms with Gasteiger partial charge in [-0.15, -0.1) is 0 Å². The van der Waals surface area contributed by atoms with Crippen LogP contribution in [0, 0.1) is 22.7 Å². The largest absolute Gasteiger partial charge is 0.496 e. The van der Waals surface area contributed by atoms with Crippen molar-refractivity contribution in [1.29, 1.82) is 0 Å². The van der Waals surface area contributed by atoms with Gasteiger partial charge in [0.15, 0.2) is 0 Å². The summed E-state index contributed by atoms with van der Waals surface area (Å²) in [7, 11) is 1.62. The molecule has 27 heavy (non-hydrogen) atoms. The molecular weight excluding hydrogens is 342 g/mol. The number of methoxy groups -OCH3 is 1. The third-order valence-corrected chi connectivity index (χ3v) is 7.66. The minimum atomic E-state index is -0.0519. The Labute approximate surface area is 161 Å². The molecule has 5 atom stereocenters. The molecule has 2 saturated carbocycles. The summed E-state index contributed by atoms with van der Waals surface area (Å²) in [5.41, 5.74) is 2.11. The Morgan fingerprint density at radius 1 is 1.41 bits per heavy atom. The van der Waals surface area contributed by atoms with E-state index in [1.54, 1.807) is 14.0 Å². The highest BCUT2D eigenvalue weighted by Crippen LogP contribution is 2.70. The summed E-state index contributed by atoms with van der Waals surface area (Å²) in [5.74, 6) is 1.75. The average Bonchev–Trinajstić information content (AvgIpc) is 3.13. The summed E-state index contributed by atoms with van der Waals surface area (Å²) in [5, 5.41) is 13.0. The van der Waals surface area contributed by atoms with Crippen molar-refractivity contribution < 1.29 is 19.4 Å². The Morgan fingerprint density at radius 3 is 2.85 bits per heavy atom. The van der Waals surface area contributed by atoms with Gasteiger partial charge in [0.25, 0.3) is 0 Å². The second-order valence-electron chi connectivity index (χ2n) is 9.20. The van der Waals surface area contributed by atoms with Gasteiger partial charge in [-0.1, -0.05) is 19.9 Å². The Bertz CT molecular complexity index is 746. The molecule has 0 aromatic heterocycles. The molecule has 2 N–H and O–H groups in total. The summed E-state index contributed by atoms with van der Waals surface area (Å²) in [4.78, 5) is 12.0. The lowest BCUT2D eigenvalue weighted by Crippen LogP contribution is -2.58. The topological polar surface area (TPSA) is 67.8 Å². The second kappa shape index (κ2) is 6.49. The molecule has 1 aromatic carbocycles. The van der Waals surface area contributed by atoms with Gasteiger partial charge in [-0.05, 0) is 59.6 Å². The molecule has 1 aromatic rings. The maximum atomic E-state index is 12.0. The van der Waals surface area contributed by atoms with E-state index in [0.29, 0.717) is 24.2 Å². The maximum absolute atomic E-state index is 12.0. The fourth-order valence-corrected chi connectivity index (χ4v) is 6.42. The van der Waals surface area contributed by atoms with Crippen LogP contribution in [0.1, 0.15) is 57.3 Å². The van der Waals surface area contributed by atoms with E-state index in [9.17, 15) is 9.90 Å². The van der Waals surface area contributed by atoms with Gasteiger partial charge >= 0.3 is 0 Å². The molecule has 1 spiro atoms. The first-order valence-corrected chi connectivity index (χ1v) is 10.00. The highest BCUT2D eigenvalue weighted by atomic mass is 16.5. The number of benzene rings is 1. The van der Waals surface area contributed by atoms with E-state index in [4.69, 9.17) is 9.47 Å². The molecule has 1 saturated heterocycles.